The molecule has 0 radical (unpaired) electrons. The summed E-state index contributed by atoms with van der Waals surface area (Å²) in [5, 5.41) is 0.951. The van der Waals surface area contributed by atoms with Crippen molar-refractivity contribution < 1.29 is 14.0 Å². The van der Waals surface area contributed by atoms with Gasteiger partial charge in [-0.2, -0.15) is 4.39 Å². The highest BCUT2D eigenvalue weighted by Crippen LogP contribution is 2.38. The molecular weight excluding hydrogens is 369 g/mol. The monoisotopic (exact) mass is 391 g/mol. The van der Waals surface area contributed by atoms with Crippen molar-refractivity contribution in [3.05, 3.63) is 41.8 Å². The van der Waals surface area contributed by atoms with Crippen LogP contribution in [0.3, 0.4) is 0 Å². The van der Waals surface area contributed by atoms with Gasteiger partial charge in [-0.3, -0.25) is 15.0 Å². The van der Waals surface area contributed by atoms with E-state index in [0.717, 1.165) is 42.5 Å². The van der Waals surface area contributed by atoms with Crippen LogP contribution in [0.2, 0.25) is 0 Å². The number of carbonyl (C=O) groups is 2. The smallest absolute Gasteiger partial charge is 0.262 e. The molecule has 2 atom stereocenters. The second-order valence-corrected chi connectivity index (χ2v) is 7.29. The van der Waals surface area contributed by atoms with Gasteiger partial charge in [0, 0.05) is 17.4 Å². The van der Waals surface area contributed by atoms with Gasteiger partial charge in [-0.25, -0.2) is 9.99 Å². The number of nitrogens with zero attached hydrogens (tertiary/aromatic N) is 2. The zero-order valence-electron chi connectivity index (χ0n) is 15.3. The van der Waals surface area contributed by atoms with E-state index in [0.29, 0.717) is 11.9 Å². The first-order valence-corrected chi connectivity index (χ1v) is 9.78. The van der Waals surface area contributed by atoms with Crippen LogP contribution in [0.1, 0.15) is 57.1 Å². The zero-order chi connectivity index (χ0) is 19.4. The van der Waals surface area contributed by atoms with Gasteiger partial charge in [0.05, 0.1) is 5.52 Å². The summed E-state index contributed by atoms with van der Waals surface area (Å²) >= 11 is 6.13. The molecule has 5 nitrogen and oxygen atoms in total. The molecule has 2 aromatic rings. The predicted octanol–water partition coefficient (Wildman–Crippen LogP) is 4.26. The number of fused-ring (bicyclic) bond motifs is 1. The van der Waals surface area contributed by atoms with Crippen molar-refractivity contribution in [2.45, 2.75) is 56.9 Å². The van der Waals surface area contributed by atoms with E-state index in [1.54, 1.807) is 18.2 Å². The summed E-state index contributed by atoms with van der Waals surface area (Å²) in [6, 6.07) is 8.00. The number of nitrogens with one attached hydrogen (secondary N) is 1. The second-order valence-electron chi connectivity index (χ2n) is 6.82. The van der Waals surface area contributed by atoms with Gasteiger partial charge >= 0.3 is 0 Å². The molecule has 0 bridgehead atoms. The van der Waals surface area contributed by atoms with Crippen LogP contribution in [0.4, 0.5) is 4.39 Å². The van der Waals surface area contributed by atoms with E-state index >= 15 is 0 Å². The molecule has 144 valence electrons. The summed E-state index contributed by atoms with van der Waals surface area (Å²) < 4.78 is 14.5. The molecule has 7 heteroatoms. The number of β-lactam (4-membered cyclic amide) rings is 1. The first kappa shape index (κ1) is 19.5. The van der Waals surface area contributed by atoms with Crippen LogP contribution in [0, 0.1) is 5.95 Å². The number of pyridine rings is 1. The minimum absolute atomic E-state index is 0.205. The quantitative estimate of drug-likeness (QED) is 0.316. The molecule has 1 aliphatic heterocycles. The lowest BCUT2D eigenvalue weighted by Crippen LogP contribution is -2.63. The number of aromatic nitrogens is 1. The minimum atomic E-state index is -0.924. The maximum atomic E-state index is 14.5. The normalized spacial score (nSPS) is 19.2. The third-order valence-electron chi connectivity index (χ3n) is 4.80. The van der Waals surface area contributed by atoms with Crippen LogP contribution in [-0.2, 0) is 9.59 Å². The molecule has 1 aromatic carbocycles. The molecule has 27 heavy (non-hydrogen) atoms. The fraction of sp³-hybridized carbons (Fsp3) is 0.450. The van der Waals surface area contributed by atoms with Crippen LogP contribution in [0.5, 0.6) is 0 Å². The highest BCUT2D eigenvalue weighted by molar-refractivity contribution is 6.33. The van der Waals surface area contributed by atoms with E-state index in [9.17, 15) is 14.0 Å². The lowest BCUT2D eigenvalue weighted by atomic mass is 9.95. The van der Waals surface area contributed by atoms with Gasteiger partial charge in [0.2, 0.25) is 11.9 Å². The third kappa shape index (κ3) is 4.21. The standard InChI is InChI=1S/C20H23ClFN3O2/c1-2-3-4-5-6-11-16(26)24-25-18(17(21)20(25)27)14-12-13-9-7-8-10-15(13)23-19(14)22/h7-10,12,17-18H,2-6,11H2,1H3,(H,24,26). The number of benzene rings is 1. The summed E-state index contributed by atoms with van der Waals surface area (Å²) in [7, 11) is 0. The van der Waals surface area contributed by atoms with Crippen molar-refractivity contribution in [3.8, 4) is 0 Å². The van der Waals surface area contributed by atoms with Gasteiger partial charge < -0.3 is 0 Å². The SMILES string of the molecule is CCCCCCCC(=O)NN1C(=O)C(Cl)C1c1cc2ccccc2nc1F. The van der Waals surface area contributed by atoms with E-state index in [4.69, 9.17) is 11.6 Å². The highest BCUT2D eigenvalue weighted by Gasteiger charge is 2.49. The van der Waals surface area contributed by atoms with Crippen molar-refractivity contribution in [1.29, 1.82) is 0 Å². The zero-order valence-corrected chi connectivity index (χ0v) is 16.0. The molecule has 1 N–H and O–H groups in total. The van der Waals surface area contributed by atoms with Crippen LogP contribution >= 0.6 is 11.6 Å². The molecule has 2 heterocycles. The Balaban J connectivity index is 1.69. The molecule has 0 spiro atoms. The Morgan fingerprint density at radius 3 is 2.78 bits per heavy atom. The van der Waals surface area contributed by atoms with E-state index in [1.807, 2.05) is 12.1 Å². The largest absolute Gasteiger partial charge is 0.273 e. The van der Waals surface area contributed by atoms with Gasteiger partial charge in [0.1, 0.15) is 11.4 Å². The topological polar surface area (TPSA) is 62.3 Å². The maximum absolute atomic E-state index is 14.5. The number of alkyl halides is 1. The number of hydrogen-bond donors (Lipinski definition) is 1. The van der Waals surface area contributed by atoms with Crippen LogP contribution in [0.25, 0.3) is 10.9 Å². The van der Waals surface area contributed by atoms with Crippen LogP contribution < -0.4 is 5.43 Å². The Labute approximate surface area is 162 Å². The van der Waals surface area contributed by atoms with E-state index in [-0.39, 0.29) is 11.5 Å². The number of amides is 2. The molecule has 1 aromatic heterocycles. The Morgan fingerprint density at radius 1 is 1.26 bits per heavy atom. The number of hydrazine groups is 1. The summed E-state index contributed by atoms with van der Waals surface area (Å²) in [6.07, 6.45) is 5.43. The van der Waals surface area contributed by atoms with Crippen LogP contribution in [0.15, 0.2) is 30.3 Å². The Bertz CT molecular complexity index is 845. The average Bonchev–Trinajstić information content (AvgIpc) is 2.67. The Kier molecular flexibility index (Phi) is 6.26. The number of para-hydroxylation sites is 1. The summed E-state index contributed by atoms with van der Waals surface area (Å²) in [6.45, 7) is 2.13. The van der Waals surface area contributed by atoms with E-state index in [1.165, 1.54) is 0 Å². The molecule has 1 saturated heterocycles. The summed E-state index contributed by atoms with van der Waals surface area (Å²) in [5.74, 6) is -1.38. The lowest BCUT2D eigenvalue weighted by Gasteiger charge is -2.43. The van der Waals surface area contributed by atoms with Crippen molar-refractivity contribution in [3.63, 3.8) is 0 Å². The van der Waals surface area contributed by atoms with E-state index in [2.05, 4.69) is 17.3 Å². The number of carbonyl (C=O) groups excluding carboxylic acids is 2. The van der Waals surface area contributed by atoms with Crippen molar-refractivity contribution in [2.75, 3.05) is 0 Å². The van der Waals surface area contributed by atoms with Gasteiger partial charge in [-0.05, 0) is 18.6 Å². The molecular formula is C20H23ClFN3O2. The number of halogens is 2. The van der Waals surface area contributed by atoms with Gasteiger partial charge in [-0.1, -0.05) is 50.8 Å². The van der Waals surface area contributed by atoms with E-state index < -0.39 is 23.3 Å². The minimum Gasteiger partial charge on any atom is -0.273 e. The molecule has 0 aliphatic carbocycles. The molecule has 3 rings (SSSR count). The number of unbranched alkanes of at least 4 members (excludes halogenated alkanes) is 4. The average molecular weight is 392 g/mol. The van der Waals surface area contributed by atoms with Crippen molar-refractivity contribution >= 4 is 34.3 Å². The molecule has 2 amide bonds. The number of hydrogen-bond acceptors (Lipinski definition) is 3. The Morgan fingerprint density at radius 2 is 2.00 bits per heavy atom. The molecule has 2 unspecified atom stereocenters. The number of rotatable bonds is 8. The third-order valence-corrected chi connectivity index (χ3v) is 5.23. The van der Waals surface area contributed by atoms with Gasteiger partial charge in [0.15, 0.2) is 0 Å². The molecule has 0 saturated carbocycles. The molecule has 1 aliphatic rings. The van der Waals surface area contributed by atoms with Crippen molar-refractivity contribution in [1.82, 2.24) is 15.4 Å². The highest BCUT2D eigenvalue weighted by atomic mass is 35.5. The fourth-order valence-corrected chi connectivity index (χ4v) is 3.62. The maximum Gasteiger partial charge on any atom is 0.262 e. The first-order chi connectivity index (χ1) is 13.0. The summed E-state index contributed by atoms with van der Waals surface area (Å²) in [5.41, 5.74) is 3.31. The van der Waals surface area contributed by atoms with Crippen LogP contribution in [-0.4, -0.2) is 27.2 Å². The predicted molar refractivity (Wildman–Crippen MR) is 102 cm³/mol. The van der Waals surface area contributed by atoms with Crippen molar-refractivity contribution in [2.24, 2.45) is 0 Å². The molecule has 1 fully saturated rings. The summed E-state index contributed by atoms with van der Waals surface area (Å²) in [4.78, 5) is 28.2. The Hall–Kier alpha value is -2.21. The van der Waals surface area contributed by atoms with Gasteiger partial charge in [-0.15, -0.1) is 11.6 Å². The lowest BCUT2D eigenvalue weighted by molar-refractivity contribution is -0.156. The van der Waals surface area contributed by atoms with Gasteiger partial charge in [0.25, 0.3) is 5.91 Å². The second kappa shape index (κ2) is 8.65. The first-order valence-electron chi connectivity index (χ1n) is 9.34. The fourth-order valence-electron chi connectivity index (χ4n) is 3.27.